The first-order valence-corrected chi connectivity index (χ1v) is 10.3. The van der Waals surface area contributed by atoms with E-state index in [0.29, 0.717) is 0 Å². The van der Waals surface area contributed by atoms with Crippen molar-refractivity contribution in [2.45, 2.75) is 51.1 Å². The second-order valence-electron chi connectivity index (χ2n) is 5.61. The summed E-state index contributed by atoms with van der Waals surface area (Å²) < 4.78 is 64.1. The van der Waals surface area contributed by atoms with Gasteiger partial charge in [-0.15, -0.1) is 0 Å². The van der Waals surface area contributed by atoms with Crippen molar-refractivity contribution >= 4 is 32.2 Å². The fourth-order valence-electron chi connectivity index (χ4n) is 2.26. The largest absolute Gasteiger partial charge is 0.458 e. The Morgan fingerprint density at radius 1 is 0.833 bits per heavy atom. The van der Waals surface area contributed by atoms with Crippen molar-refractivity contribution in [3.05, 3.63) is 0 Å². The molecule has 4 atom stereocenters. The van der Waals surface area contributed by atoms with E-state index in [1.807, 2.05) is 0 Å². The average Bonchev–Trinajstić information content (AvgIpc) is 2.81. The Bertz CT molecular complexity index is 648. The van der Waals surface area contributed by atoms with Crippen LogP contribution >= 0.6 is 0 Å². The molecule has 4 unspecified atom stereocenters. The monoisotopic (exact) mass is 386 g/mol. The van der Waals surface area contributed by atoms with Gasteiger partial charge >= 0.3 is 11.9 Å². The van der Waals surface area contributed by atoms with Crippen molar-refractivity contribution in [1.29, 1.82) is 0 Å². The molecular weight excluding hydrogens is 368 g/mol. The van der Waals surface area contributed by atoms with Crippen LogP contribution in [0.3, 0.4) is 0 Å². The van der Waals surface area contributed by atoms with E-state index >= 15 is 0 Å². The van der Waals surface area contributed by atoms with E-state index in [1.54, 1.807) is 0 Å². The molecule has 0 spiro atoms. The Kier molecular flexibility index (Phi) is 5.52. The van der Waals surface area contributed by atoms with Gasteiger partial charge in [0, 0.05) is 0 Å². The molecule has 2 aliphatic rings. The maximum atomic E-state index is 11.7. The summed E-state index contributed by atoms with van der Waals surface area (Å²) in [7, 11) is -7.39. The highest BCUT2D eigenvalue weighted by molar-refractivity contribution is 7.87. The third-order valence-electron chi connectivity index (χ3n) is 3.48. The van der Waals surface area contributed by atoms with Crippen molar-refractivity contribution in [2.75, 3.05) is 11.5 Å². The molecule has 2 fully saturated rings. The first kappa shape index (κ1) is 19.1. The summed E-state index contributed by atoms with van der Waals surface area (Å²) in [5.41, 5.74) is 0. The number of rotatable bonds is 5. The van der Waals surface area contributed by atoms with Crippen LogP contribution in [0.25, 0.3) is 0 Å². The molecule has 24 heavy (non-hydrogen) atoms. The zero-order valence-corrected chi connectivity index (χ0v) is 14.7. The standard InChI is InChI=1S/C12H18O10S2/c1-7-9(5-23(15,16)21-7)19-11(13)3-4-12(14)20-10-6-24(17,18)22-8(10)2/h7-10H,3-6H2,1-2H3. The van der Waals surface area contributed by atoms with Crippen LogP contribution < -0.4 is 0 Å². The molecule has 0 bridgehead atoms. The number of carbonyl (C=O) groups is 2. The molecule has 0 aromatic carbocycles. The maximum Gasteiger partial charge on any atom is 0.306 e. The van der Waals surface area contributed by atoms with Gasteiger partial charge in [0.15, 0.2) is 0 Å². The topological polar surface area (TPSA) is 139 Å². The van der Waals surface area contributed by atoms with Crippen LogP contribution in [-0.4, -0.2) is 64.7 Å². The van der Waals surface area contributed by atoms with Crippen LogP contribution in [0.4, 0.5) is 0 Å². The summed E-state index contributed by atoms with van der Waals surface area (Å²) >= 11 is 0. The van der Waals surface area contributed by atoms with E-state index in [0.717, 1.165) is 0 Å². The molecule has 0 aliphatic carbocycles. The van der Waals surface area contributed by atoms with Crippen LogP contribution in [0, 0.1) is 0 Å². The molecule has 0 aromatic heterocycles. The summed E-state index contributed by atoms with van der Waals surface area (Å²) in [6.45, 7) is 2.91. The predicted molar refractivity (Wildman–Crippen MR) is 77.7 cm³/mol. The quantitative estimate of drug-likeness (QED) is 0.431. The lowest BCUT2D eigenvalue weighted by Gasteiger charge is -2.15. The molecule has 2 rings (SSSR count). The van der Waals surface area contributed by atoms with Gasteiger partial charge in [0.1, 0.15) is 35.9 Å². The van der Waals surface area contributed by atoms with Gasteiger partial charge in [-0.2, -0.15) is 16.8 Å². The summed E-state index contributed by atoms with van der Waals surface area (Å²) in [6, 6.07) is 0. The molecule has 0 N–H and O–H groups in total. The van der Waals surface area contributed by atoms with Gasteiger partial charge in [0.2, 0.25) is 0 Å². The fourth-order valence-corrected chi connectivity index (χ4v) is 5.07. The van der Waals surface area contributed by atoms with Gasteiger partial charge in [-0.1, -0.05) is 0 Å². The fraction of sp³-hybridized carbons (Fsp3) is 0.833. The summed E-state index contributed by atoms with van der Waals surface area (Å²) in [4.78, 5) is 23.3. The number of carbonyl (C=O) groups excluding carboxylic acids is 2. The average molecular weight is 386 g/mol. The molecule has 2 saturated heterocycles. The zero-order chi connectivity index (χ0) is 18.1. The Morgan fingerprint density at radius 2 is 1.17 bits per heavy atom. The molecule has 2 aliphatic heterocycles. The van der Waals surface area contributed by atoms with Gasteiger partial charge in [0.25, 0.3) is 20.2 Å². The molecule has 2 heterocycles. The molecule has 138 valence electrons. The van der Waals surface area contributed by atoms with E-state index < -0.39 is 68.1 Å². The first-order valence-electron chi connectivity index (χ1n) is 7.18. The highest BCUT2D eigenvalue weighted by Crippen LogP contribution is 2.21. The lowest BCUT2D eigenvalue weighted by Crippen LogP contribution is -2.29. The Hall–Kier alpha value is -1.24. The second kappa shape index (κ2) is 6.94. The van der Waals surface area contributed by atoms with Crippen molar-refractivity contribution < 1.29 is 44.3 Å². The zero-order valence-electron chi connectivity index (χ0n) is 13.0. The van der Waals surface area contributed by atoms with Gasteiger partial charge < -0.3 is 9.47 Å². The molecule has 0 saturated carbocycles. The summed E-state index contributed by atoms with van der Waals surface area (Å²) in [5.74, 6) is -2.40. The summed E-state index contributed by atoms with van der Waals surface area (Å²) in [6.07, 6.45) is -4.06. The Balaban J connectivity index is 1.75. The van der Waals surface area contributed by atoms with E-state index in [2.05, 4.69) is 8.37 Å². The maximum absolute atomic E-state index is 11.7. The minimum Gasteiger partial charge on any atom is -0.458 e. The van der Waals surface area contributed by atoms with Crippen LogP contribution in [0.5, 0.6) is 0 Å². The molecule has 12 heteroatoms. The van der Waals surface area contributed by atoms with Crippen LogP contribution in [0.2, 0.25) is 0 Å². The van der Waals surface area contributed by atoms with Gasteiger partial charge in [-0.05, 0) is 13.8 Å². The van der Waals surface area contributed by atoms with Gasteiger partial charge in [-0.25, -0.2) is 0 Å². The van der Waals surface area contributed by atoms with E-state index in [9.17, 15) is 26.4 Å². The van der Waals surface area contributed by atoms with Crippen LogP contribution in [0.1, 0.15) is 26.7 Å². The van der Waals surface area contributed by atoms with Crippen molar-refractivity contribution in [3.63, 3.8) is 0 Å². The minimum atomic E-state index is -3.69. The molecule has 0 radical (unpaired) electrons. The van der Waals surface area contributed by atoms with E-state index in [4.69, 9.17) is 9.47 Å². The minimum absolute atomic E-state index is 0.323. The molecule has 10 nitrogen and oxygen atoms in total. The highest BCUT2D eigenvalue weighted by Gasteiger charge is 2.40. The van der Waals surface area contributed by atoms with Crippen molar-refractivity contribution in [1.82, 2.24) is 0 Å². The molecule has 0 aromatic rings. The van der Waals surface area contributed by atoms with Crippen LogP contribution in [0.15, 0.2) is 0 Å². The highest BCUT2D eigenvalue weighted by atomic mass is 32.2. The van der Waals surface area contributed by atoms with Crippen molar-refractivity contribution in [2.24, 2.45) is 0 Å². The number of hydrogen-bond acceptors (Lipinski definition) is 10. The number of esters is 2. The lowest BCUT2D eigenvalue weighted by molar-refractivity contribution is -0.157. The van der Waals surface area contributed by atoms with Crippen molar-refractivity contribution in [3.8, 4) is 0 Å². The third-order valence-corrected chi connectivity index (χ3v) is 6.15. The normalized spacial score (nSPS) is 33.9. The lowest BCUT2D eigenvalue weighted by atomic mass is 10.2. The van der Waals surface area contributed by atoms with E-state index in [-0.39, 0.29) is 12.8 Å². The summed E-state index contributed by atoms with van der Waals surface area (Å²) in [5, 5.41) is 0. The van der Waals surface area contributed by atoms with Gasteiger partial charge in [-0.3, -0.25) is 18.0 Å². The molecule has 0 amide bonds. The first-order chi connectivity index (χ1) is 11.0. The number of hydrogen-bond donors (Lipinski definition) is 0. The van der Waals surface area contributed by atoms with Gasteiger partial charge in [0.05, 0.1) is 12.8 Å². The third kappa shape index (κ3) is 5.13. The number of ether oxygens (including phenoxy) is 2. The SMILES string of the molecule is CC1OS(=O)(=O)CC1OC(=O)CCC(=O)OC1CS(=O)(=O)OC1C. The smallest absolute Gasteiger partial charge is 0.306 e. The van der Waals surface area contributed by atoms with E-state index in [1.165, 1.54) is 13.8 Å². The Morgan fingerprint density at radius 3 is 1.42 bits per heavy atom. The van der Waals surface area contributed by atoms with Crippen LogP contribution in [-0.2, 0) is 47.7 Å². The Labute approximate surface area is 139 Å². The molecular formula is C12H18O10S2. The second-order valence-corrected chi connectivity index (χ2v) is 8.89. The predicted octanol–water partition coefficient (Wildman–Crippen LogP) is -0.913.